The molecule has 1 aromatic rings. The molecule has 20 heavy (non-hydrogen) atoms. The van der Waals surface area contributed by atoms with Crippen LogP contribution in [0.5, 0.6) is 5.75 Å². The maximum atomic E-state index is 12.3. The Hall–Kier alpha value is -1.12. The first kappa shape index (κ1) is 16.9. The molecule has 0 saturated carbocycles. The quantitative estimate of drug-likeness (QED) is 0.591. The zero-order valence-electron chi connectivity index (χ0n) is 13.0. The molecule has 112 valence electrons. The third-order valence-corrected chi connectivity index (χ3v) is 4.34. The second-order valence-corrected chi connectivity index (χ2v) is 7.99. The Morgan fingerprint density at radius 2 is 1.70 bits per heavy atom. The van der Waals surface area contributed by atoms with E-state index in [9.17, 15) is 9.36 Å². The second kappa shape index (κ2) is 6.11. The fraction of sp³-hybridized carbons (Fsp3) is 0.533. The largest absolute Gasteiger partial charge is 0.425 e. The molecule has 0 radical (unpaired) electrons. The van der Waals surface area contributed by atoms with Gasteiger partial charge < -0.3 is 4.52 Å². The molecule has 5 heteroatoms. The van der Waals surface area contributed by atoms with Crippen molar-refractivity contribution in [1.29, 1.82) is 0 Å². The first-order valence-corrected chi connectivity index (χ1v) is 8.57. The first-order valence-electron chi connectivity index (χ1n) is 6.58. The topological polar surface area (TPSA) is 52.6 Å². The molecule has 0 spiro atoms. The molecule has 1 rings (SSSR count). The number of rotatable bonds is 5. The van der Waals surface area contributed by atoms with Gasteiger partial charge in [-0.3, -0.25) is 9.32 Å². The highest BCUT2D eigenvalue weighted by molar-refractivity contribution is 7.53. The molecule has 0 bridgehead atoms. The van der Waals surface area contributed by atoms with Gasteiger partial charge in [0, 0.05) is 12.2 Å². The molecular formula is C15H23O4P. The Balaban J connectivity index is 2.76. The molecule has 0 N–H and O–H groups in total. The summed E-state index contributed by atoms with van der Waals surface area (Å²) in [6, 6.07) is 6.53. The van der Waals surface area contributed by atoms with Crippen LogP contribution < -0.4 is 4.52 Å². The van der Waals surface area contributed by atoms with Crippen LogP contribution in [0.4, 0.5) is 0 Å². The average molecular weight is 298 g/mol. The van der Waals surface area contributed by atoms with Crippen molar-refractivity contribution < 1.29 is 18.4 Å². The Bertz CT molecular complexity index is 514. The van der Waals surface area contributed by atoms with Crippen molar-refractivity contribution in [3.05, 3.63) is 29.8 Å². The molecule has 0 heterocycles. The van der Waals surface area contributed by atoms with Gasteiger partial charge in [0.1, 0.15) is 5.75 Å². The van der Waals surface area contributed by atoms with Crippen molar-refractivity contribution >= 4 is 13.4 Å². The van der Waals surface area contributed by atoms with Crippen molar-refractivity contribution in [2.45, 2.75) is 40.7 Å². The zero-order valence-corrected chi connectivity index (χ0v) is 13.9. The van der Waals surface area contributed by atoms with Crippen molar-refractivity contribution in [2.75, 3.05) is 6.66 Å². The van der Waals surface area contributed by atoms with Gasteiger partial charge in [0.2, 0.25) is 0 Å². The van der Waals surface area contributed by atoms with Crippen LogP contribution in [0.3, 0.4) is 0 Å². The van der Waals surface area contributed by atoms with Crippen LogP contribution in [0, 0.1) is 5.41 Å². The van der Waals surface area contributed by atoms with Gasteiger partial charge in [-0.1, -0.05) is 20.8 Å². The van der Waals surface area contributed by atoms with E-state index in [4.69, 9.17) is 9.05 Å². The highest BCUT2D eigenvalue weighted by atomic mass is 31.2. The summed E-state index contributed by atoms with van der Waals surface area (Å²) in [5.74, 6) is 0.413. The van der Waals surface area contributed by atoms with Crippen LogP contribution in [0.25, 0.3) is 0 Å². The summed E-state index contributed by atoms with van der Waals surface area (Å²) in [5, 5.41) is 0. The number of benzene rings is 1. The number of hydrogen-bond acceptors (Lipinski definition) is 4. The first-order chi connectivity index (χ1) is 9.01. The molecule has 0 aromatic heterocycles. The highest BCUT2D eigenvalue weighted by Crippen LogP contribution is 2.47. The lowest BCUT2D eigenvalue weighted by Crippen LogP contribution is -2.25. The van der Waals surface area contributed by atoms with Crippen LogP contribution in [0.15, 0.2) is 24.3 Å². The molecule has 0 aliphatic rings. The number of ketones is 1. The minimum Gasteiger partial charge on any atom is -0.425 e. The van der Waals surface area contributed by atoms with Gasteiger partial charge in [-0.25, -0.2) is 4.57 Å². The summed E-state index contributed by atoms with van der Waals surface area (Å²) in [6.07, 6.45) is -0.199. The Labute approximate surface area is 121 Å². The summed E-state index contributed by atoms with van der Waals surface area (Å²) in [5.41, 5.74) is 0.473. The Morgan fingerprint density at radius 3 is 2.10 bits per heavy atom. The van der Waals surface area contributed by atoms with Crippen LogP contribution >= 0.6 is 7.60 Å². The fourth-order valence-corrected chi connectivity index (χ4v) is 2.85. The zero-order chi connectivity index (χ0) is 15.6. The van der Waals surface area contributed by atoms with E-state index in [2.05, 4.69) is 0 Å². The van der Waals surface area contributed by atoms with E-state index < -0.39 is 7.60 Å². The van der Waals surface area contributed by atoms with E-state index in [0.717, 1.165) is 0 Å². The lowest BCUT2D eigenvalue weighted by Gasteiger charge is -2.29. The molecule has 2 atom stereocenters. The number of carbonyl (C=O) groups excluding carboxylic acids is 1. The van der Waals surface area contributed by atoms with Crippen LogP contribution in [0.2, 0.25) is 0 Å². The minimum atomic E-state index is -3.19. The maximum Gasteiger partial charge on any atom is 0.376 e. The normalized spacial score (nSPS) is 16.3. The molecule has 0 aliphatic carbocycles. The van der Waals surface area contributed by atoms with Gasteiger partial charge in [-0.2, -0.15) is 0 Å². The van der Waals surface area contributed by atoms with E-state index in [1.165, 1.54) is 13.6 Å². The van der Waals surface area contributed by atoms with Crippen molar-refractivity contribution in [3.8, 4) is 5.75 Å². The molecule has 0 saturated heterocycles. The highest BCUT2D eigenvalue weighted by Gasteiger charge is 2.29. The Kier molecular flexibility index (Phi) is 5.17. The molecule has 0 amide bonds. The smallest absolute Gasteiger partial charge is 0.376 e. The van der Waals surface area contributed by atoms with Crippen molar-refractivity contribution in [1.82, 2.24) is 0 Å². The summed E-state index contributed by atoms with van der Waals surface area (Å²) in [7, 11) is -3.19. The van der Waals surface area contributed by atoms with Gasteiger partial charge in [0.05, 0.1) is 6.10 Å². The lowest BCUT2D eigenvalue weighted by molar-refractivity contribution is 0.0934. The summed E-state index contributed by atoms with van der Waals surface area (Å²) < 4.78 is 23.3. The van der Waals surface area contributed by atoms with Crippen LogP contribution in [0.1, 0.15) is 45.0 Å². The minimum absolute atomic E-state index is 0.0196. The van der Waals surface area contributed by atoms with Crippen molar-refractivity contribution in [3.63, 3.8) is 0 Å². The second-order valence-electron chi connectivity index (χ2n) is 6.06. The van der Waals surface area contributed by atoms with E-state index in [1.54, 1.807) is 24.3 Å². The van der Waals surface area contributed by atoms with E-state index in [-0.39, 0.29) is 17.3 Å². The molecule has 1 aromatic carbocycles. The van der Waals surface area contributed by atoms with Crippen LogP contribution in [-0.4, -0.2) is 18.6 Å². The van der Waals surface area contributed by atoms with Gasteiger partial charge in [-0.05, 0) is 43.5 Å². The number of Topliss-reactive ketones (excluding diaryl/α,β-unsaturated/α-hetero) is 1. The van der Waals surface area contributed by atoms with Gasteiger partial charge in [0.15, 0.2) is 5.78 Å². The predicted molar refractivity (Wildman–Crippen MR) is 80.6 cm³/mol. The molecule has 0 fully saturated rings. The van der Waals surface area contributed by atoms with E-state index in [1.807, 2.05) is 27.7 Å². The molecular weight excluding hydrogens is 275 g/mol. The SMILES string of the molecule is CC(=O)c1ccc(OP(C)(=O)OC(C)C(C)(C)C)cc1. The maximum absolute atomic E-state index is 12.3. The standard InChI is InChI=1S/C15H23O4P/c1-11(16)13-7-9-14(10-8-13)19-20(6,17)18-12(2)15(3,4)5/h7-10,12H,1-6H3. The summed E-state index contributed by atoms with van der Waals surface area (Å²) >= 11 is 0. The predicted octanol–water partition coefficient (Wildman–Crippen LogP) is 4.54. The monoisotopic (exact) mass is 298 g/mol. The summed E-state index contributed by atoms with van der Waals surface area (Å²) in [6.45, 7) is 10.9. The van der Waals surface area contributed by atoms with Gasteiger partial charge in [-0.15, -0.1) is 0 Å². The fourth-order valence-electron chi connectivity index (χ4n) is 1.41. The molecule has 2 unspecified atom stereocenters. The van der Waals surface area contributed by atoms with E-state index in [0.29, 0.717) is 11.3 Å². The lowest BCUT2D eigenvalue weighted by atomic mass is 9.91. The Morgan fingerprint density at radius 1 is 1.20 bits per heavy atom. The third kappa shape index (κ3) is 5.10. The average Bonchev–Trinajstić information content (AvgIpc) is 2.27. The third-order valence-electron chi connectivity index (χ3n) is 3.10. The summed E-state index contributed by atoms with van der Waals surface area (Å²) in [4.78, 5) is 11.2. The van der Waals surface area contributed by atoms with E-state index >= 15 is 0 Å². The van der Waals surface area contributed by atoms with Gasteiger partial charge >= 0.3 is 7.60 Å². The number of carbonyl (C=O) groups is 1. The van der Waals surface area contributed by atoms with Gasteiger partial charge in [0.25, 0.3) is 0 Å². The molecule has 4 nitrogen and oxygen atoms in total. The van der Waals surface area contributed by atoms with Crippen LogP contribution in [-0.2, 0) is 9.09 Å². The number of hydrogen-bond donors (Lipinski definition) is 0. The van der Waals surface area contributed by atoms with Crippen molar-refractivity contribution in [2.24, 2.45) is 5.41 Å². The molecule has 0 aliphatic heterocycles.